The van der Waals surface area contributed by atoms with Crippen molar-refractivity contribution >= 4 is 0 Å². The van der Waals surface area contributed by atoms with Crippen LogP contribution in [0.15, 0.2) is 0 Å². The Morgan fingerprint density at radius 1 is 1.19 bits per heavy atom. The van der Waals surface area contributed by atoms with E-state index in [1.165, 1.54) is 58.4 Å². The van der Waals surface area contributed by atoms with Gasteiger partial charge in [-0.2, -0.15) is 0 Å². The van der Waals surface area contributed by atoms with Gasteiger partial charge in [0.05, 0.1) is 6.61 Å². The molecular formula is C17H35N3O. The number of fused-ring (bicyclic) bond motifs is 1. The highest BCUT2D eigenvalue weighted by Crippen LogP contribution is 2.22. The number of aliphatic hydroxyl groups is 1. The largest absolute Gasteiger partial charge is 0.394 e. The molecule has 0 aromatic heterocycles. The lowest BCUT2D eigenvalue weighted by molar-refractivity contribution is 0.0462. The van der Waals surface area contributed by atoms with Crippen molar-refractivity contribution in [1.29, 1.82) is 0 Å². The van der Waals surface area contributed by atoms with Gasteiger partial charge in [-0.1, -0.05) is 20.3 Å². The summed E-state index contributed by atoms with van der Waals surface area (Å²) >= 11 is 0. The Morgan fingerprint density at radius 2 is 2.05 bits per heavy atom. The van der Waals surface area contributed by atoms with Crippen LogP contribution in [0.25, 0.3) is 0 Å². The van der Waals surface area contributed by atoms with Gasteiger partial charge in [-0.05, 0) is 51.7 Å². The first-order chi connectivity index (χ1) is 10.2. The van der Waals surface area contributed by atoms with Crippen molar-refractivity contribution in [3.63, 3.8) is 0 Å². The number of nitrogens with zero attached hydrogens (tertiary/aromatic N) is 2. The van der Waals surface area contributed by atoms with Crippen molar-refractivity contribution in [2.45, 2.75) is 64.0 Å². The minimum absolute atomic E-state index is 0.0542. The maximum absolute atomic E-state index is 9.72. The molecule has 0 amide bonds. The molecule has 2 saturated heterocycles. The summed E-state index contributed by atoms with van der Waals surface area (Å²) in [6.07, 6.45) is 7.48. The molecule has 0 aromatic carbocycles. The number of piperazine rings is 1. The van der Waals surface area contributed by atoms with E-state index >= 15 is 0 Å². The highest BCUT2D eigenvalue weighted by atomic mass is 16.3. The van der Waals surface area contributed by atoms with E-state index in [-0.39, 0.29) is 12.1 Å². The quantitative estimate of drug-likeness (QED) is 0.715. The second-order valence-corrected chi connectivity index (χ2v) is 6.91. The Balaban J connectivity index is 1.72. The maximum Gasteiger partial charge on any atom is 0.0613 e. The summed E-state index contributed by atoms with van der Waals surface area (Å²) in [7, 11) is 0. The van der Waals surface area contributed by atoms with Crippen LogP contribution in [0.3, 0.4) is 0 Å². The normalized spacial score (nSPS) is 27.3. The Labute approximate surface area is 130 Å². The van der Waals surface area contributed by atoms with Crippen LogP contribution < -0.4 is 5.32 Å². The number of piperidine rings is 1. The summed E-state index contributed by atoms with van der Waals surface area (Å²) in [6, 6.07) is 0.815. The zero-order valence-corrected chi connectivity index (χ0v) is 14.1. The monoisotopic (exact) mass is 297 g/mol. The van der Waals surface area contributed by atoms with Gasteiger partial charge in [0, 0.05) is 31.2 Å². The second kappa shape index (κ2) is 8.47. The topological polar surface area (TPSA) is 38.7 Å². The van der Waals surface area contributed by atoms with Crippen LogP contribution in [0.4, 0.5) is 0 Å². The van der Waals surface area contributed by atoms with Crippen LogP contribution in [-0.2, 0) is 0 Å². The van der Waals surface area contributed by atoms with Gasteiger partial charge in [0.25, 0.3) is 0 Å². The number of hydrogen-bond donors (Lipinski definition) is 2. The maximum atomic E-state index is 9.72. The van der Waals surface area contributed by atoms with E-state index in [2.05, 4.69) is 29.0 Å². The lowest BCUT2D eigenvalue weighted by Gasteiger charge is -2.44. The fourth-order valence-electron chi connectivity index (χ4n) is 4.08. The molecule has 0 saturated carbocycles. The number of aliphatic hydroxyl groups excluding tert-OH is 1. The molecule has 2 rings (SSSR count). The number of nitrogens with one attached hydrogen (secondary N) is 1. The van der Waals surface area contributed by atoms with Gasteiger partial charge in [0.2, 0.25) is 0 Å². The van der Waals surface area contributed by atoms with E-state index < -0.39 is 0 Å². The Bertz CT molecular complexity index is 294. The highest BCUT2D eigenvalue weighted by molar-refractivity contribution is 4.88. The molecule has 0 aliphatic carbocycles. The molecule has 2 N–H and O–H groups in total. The molecule has 2 unspecified atom stereocenters. The molecule has 4 heteroatoms. The minimum atomic E-state index is -0.0542. The van der Waals surface area contributed by atoms with Crippen LogP contribution in [0.2, 0.25) is 0 Å². The third kappa shape index (κ3) is 4.65. The highest BCUT2D eigenvalue weighted by Gasteiger charge is 2.30. The van der Waals surface area contributed by atoms with Crippen LogP contribution in [0, 0.1) is 0 Å². The molecule has 0 radical (unpaired) electrons. The lowest BCUT2D eigenvalue weighted by Crippen LogP contribution is -2.55. The molecule has 0 bridgehead atoms. The summed E-state index contributed by atoms with van der Waals surface area (Å²) in [4.78, 5) is 5.35. The fraction of sp³-hybridized carbons (Fsp3) is 1.00. The summed E-state index contributed by atoms with van der Waals surface area (Å²) in [5.41, 5.74) is -0.0542. The van der Waals surface area contributed by atoms with E-state index in [0.29, 0.717) is 0 Å². The van der Waals surface area contributed by atoms with E-state index in [4.69, 9.17) is 0 Å². The van der Waals surface area contributed by atoms with Gasteiger partial charge in [0.1, 0.15) is 0 Å². The molecule has 2 aliphatic heterocycles. The van der Waals surface area contributed by atoms with Crippen molar-refractivity contribution in [1.82, 2.24) is 15.1 Å². The SMILES string of the molecule is CCNC(CC)(CO)CCCN1CCN2CCCCC2C1. The Kier molecular flexibility index (Phi) is 6.93. The molecule has 2 fully saturated rings. The molecular weight excluding hydrogens is 262 g/mol. The van der Waals surface area contributed by atoms with Gasteiger partial charge in [-0.25, -0.2) is 0 Å². The average molecular weight is 297 g/mol. The van der Waals surface area contributed by atoms with Gasteiger partial charge in [-0.3, -0.25) is 4.90 Å². The van der Waals surface area contributed by atoms with E-state index in [0.717, 1.165) is 25.4 Å². The fourth-order valence-corrected chi connectivity index (χ4v) is 4.08. The second-order valence-electron chi connectivity index (χ2n) is 6.91. The smallest absolute Gasteiger partial charge is 0.0613 e. The minimum Gasteiger partial charge on any atom is -0.394 e. The molecule has 2 heterocycles. The first-order valence-electron chi connectivity index (χ1n) is 9.05. The molecule has 0 spiro atoms. The van der Waals surface area contributed by atoms with Crippen molar-refractivity contribution in [2.75, 3.05) is 45.9 Å². The first-order valence-corrected chi connectivity index (χ1v) is 9.05. The lowest BCUT2D eigenvalue weighted by atomic mass is 9.91. The summed E-state index contributed by atoms with van der Waals surface area (Å²) in [5.74, 6) is 0. The third-order valence-corrected chi connectivity index (χ3v) is 5.58. The summed E-state index contributed by atoms with van der Waals surface area (Å²) in [6.45, 7) is 11.8. The zero-order valence-electron chi connectivity index (χ0n) is 14.1. The van der Waals surface area contributed by atoms with E-state index in [1.807, 2.05) is 0 Å². The van der Waals surface area contributed by atoms with E-state index in [9.17, 15) is 5.11 Å². The third-order valence-electron chi connectivity index (χ3n) is 5.58. The number of rotatable bonds is 8. The van der Waals surface area contributed by atoms with Crippen molar-refractivity contribution in [3.05, 3.63) is 0 Å². The van der Waals surface area contributed by atoms with Crippen molar-refractivity contribution in [3.8, 4) is 0 Å². The first kappa shape index (κ1) is 17.2. The molecule has 2 atom stereocenters. The van der Waals surface area contributed by atoms with Crippen LogP contribution in [-0.4, -0.2) is 72.4 Å². The molecule has 2 aliphatic rings. The Morgan fingerprint density at radius 3 is 2.76 bits per heavy atom. The zero-order chi connectivity index (χ0) is 15.1. The van der Waals surface area contributed by atoms with Crippen LogP contribution in [0.5, 0.6) is 0 Å². The van der Waals surface area contributed by atoms with Gasteiger partial charge < -0.3 is 15.3 Å². The van der Waals surface area contributed by atoms with Crippen molar-refractivity contribution in [2.24, 2.45) is 0 Å². The van der Waals surface area contributed by atoms with E-state index in [1.54, 1.807) is 0 Å². The predicted molar refractivity (Wildman–Crippen MR) is 88.7 cm³/mol. The number of likely N-dealkylation sites (N-methyl/N-ethyl adjacent to an activating group) is 1. The average Bonchev–Trinajstić information content (AvgIpc) is 2.54. The van der Waals surface area contributed by atoms with Crippen LogP contribution in [0.1, 0.15) is 52.4 Å². The van der Waals surface area contributed by atoms with Gasteiger partial charge >= 0.3 is 0 Å². The molecule has 21 heavy (non-hydrogen) atoms. The van der Waals surface area contributed by atoms with Gasteiger partial charge in [0.15, 0.2) is 0 Å². The summed E-state index contributed by atoms with van der Waals surface area (Å²) in [5, 5.41) is 13.2. The molecule has 0 aromatic rings. The summed E-state index contributed by atoms with van der Waals surface area (Å²) < 4.78 is 0. The standard InChI is InChI=1S/C17H35N3O/c1-3-17(15-21,18-4-2)9-7-10-19-12-13-20-11-6-5-8-16(20)14-19/h16,18,21H,3-15H2,1-2H3. The predicted octanol–water partition coefficient (Wildman–Crippen LogP) is 1.69. The van der Waals surface area contributed by atoms with Crippen LogP contribution >= 0.6 is 0 Å². The number of hydrogen-bond acceptors (Lipinski definition) is 4. The Hall–Kier alpha value is -0.160. The molecule has 4 nitrogen and oxygen atoms in total. The van der Waals surface area contributed by atoms with Crippen molar-refractivity contribution < 1.29 is 5.11 Å². The van der Waals surface area contributed by atoms with Gasteiger partial charge in [-0.15, -0.1) is 0 Å². The molecule has 124 valence electrons.